The number of carbonyl (C=O) groups is 2. The first-order chi connectivity index (χ1) is 9.99. The van der Waals surface area contributed by atoms with Crippen LogP contribution in [0.3, 0.4) is 0 Å². The van der Waals surface area contributed by atoms with Crippen molar-refractivity contribution in [2.24, 2.45) is 5.73 Å². The molecule has 0 saturated carbocycles. The van der Waals surface area contributed by atoms with E-state index in [4.69, 9.17) is 22.4 Å². The van der Waals surface area contributed by atoms with Crippen LogP contribution in [0.5, 0.6) is 0 Å². The van der Waals surface area contributed by atoms with Gasteiger partial charge in [-0.1, -0.05) is 11.6 Å². The lowest BCUT2D eigenvalue weighted by Gasteiger charge is -2.07. The fraction of sp³-hybridized carbons (Fsp3) is 0.0714. The fourth-order valence-corrected chi connectivity index (χ4v) is 1.95. The number of carboxylic acids is 1. The van der Waals surface area contributed by atoms with Crippen LogP contribution in [0, 0.1) is 0 Å². The zero-order valence-corrected chi connectivity index (χ0v) is 11.6. The average Bonchev–Trinajstić information content (AvgIpc) is 2.46. The number of rotatable bonds is 4. The molecule has 7 heteroatoms. The van der Waals surface area contributed by atoms with Crippen LogP contribution in [0.2, 0.25) is 5.02 Å². The van der Waals surface area contributed by atoms with E-state index in [9.17, 15) is 9.59 Å². The Bertz CT molecular complexity index is 704. The number of anilines is 1. The number of aromatic carboxylic acids is 1. The SMILES string of the molecule is NCc1cc(C(=O)Nc2cc(Cl)cc(C(=O)O)c2)ccn1. The number of hydrogen-bond donors (Lipinski definition) is 3. The maximum absolute atomic E-state index is 12.1. The molecule has 0 radical (unpaired) electrons. The molecule has 0 atom stereocenters. The first-order valence-corrected chi connectivity index (χ1v) is 6.37. The normalized spacial score (nSPS) is 10.2. The Morgan fingerprint density at radius 2 is 2.00 bits per heavy atom. The van der Waals surface area contributed by atoms with Crippen molar-refractivity contribution in [1.82, 2.24) is 4.98 Å². The number of hydrogen-bond acceptors (Lipinski definition) is 4. The van der Waals surface area contributed by atoms with Crippen molar-refractivity contribution in [3.8, 4) is 0 Å². The van der Waals surface area contributed by atoms with Crippen LogP contribution in [0.1, 0.15) is 26.4 Å². The maximum Gasteiger partial charge on any atom is 0.335 e. The molecule has 0 spiro atoms. The summed E-state index contributed by atoms with van der Waals surface area (Å²) in [5, 5.41) is 11.8. The number of nitrogens with two attached hydrogens (primary N) is 1. The van der Waals surface area contributed by atoms with Crippen LogP contribution in [0.25, 0.3) is 0 Å². The van der Waals surface area contributed by atoms with Crippen LogP contribution in [-0.4, -0.2) is 22.0 Å². The summed E-state index contributed by atoms with van der Waals surface area (Å²) in [7, 11) is 0. The highest BCUT2D eigenvalue weighted by Gasteiger charge is 2.10. The van der Waals surface area contributed by atoms with E-state index in [1.165, 1.54) is 30.5 Å². The average molecular weight is 306 g/mol. The van der Waals surface area contributed by atoms with Crippen LogP contribution >= 0.6 is 11.6 Å². The second-order valence-corrected chi connectivity index (χ2v) is 4.66. The van der Waals surface area contributed by atoms with E-state index in [0.29, 0.717) is 16.9 Å². The van der Waals surface area contributed by atoms with Gasteiger partial charge in [0.05, 0.1) is 11.3 Å². The zero-order valence-electron chi connectivity index (χ0n) is 10.8. The van der Waals surface area contributed by atoms with Crippen molar-refractivity contribution in [2.75, 3.05) is 5.32 Å². The first kappa shape index (κ1) is 15.0. The lowest BCUT2D eigenvalue weighted by molar-refractivity contribution is 0.0696. The molecule has 0 saturated heterocycles. The highest BCUT2D eigenvalue weighted by atomic mass is 35.5. The molecule has 1 aromatic carbocycles. The largest absolute Gasteiger partial charge is 0.478 e. The van der Waals surface area contributed by atoms with Gasteiger partial charge in [-0.2, -0.15) is 0 Å². The van der Waals surface area contributed by atoms with Crippen LogP contribution in [0.15, 0.2) is 36.5 Å². The first-order valence-electron chi connectivity index (χ1n) is 6.00. The third kappa shape index (κ3) is 3.77. The number of carbonyl (C=O) groups excluding carboxylic acids is 1. The summed E-state index contributed by atoms with van der Waals surface area (Å²) in [6.45, 7) is 0.224. The minimum absolute atomic E-state index is 0.00447. The molecule has 0 aliphatic carbocycles. The maximum atomic E-state index is 12.1. The van der Waals surface area contributed by atoms with E-state index in [0.717, 1.165) is 0 Å². The number of benzene rings is 1. The van der Waals surface area contributed by atoms with Gasteiger partial charge in [0.2, 0.25) is 0 Å². The van der Waals surface area contributed by atoms with Gasteiger partial charge in [0.25, 0.3) is 5.91 Å². The van der Waals surface area contributed by atoms with E-state index in [1.807, 2.05) is 0 Å². The molecule has 2 rings (SSSR count). The van der Waals surface area contributed by atoms with Gasteiger partial charge < -0.3 is 16.2 Å². The van der Waals surface area contributed by atoms with Gasteiger partial charge >= 0.3 is 5.97 Å². The minimum Gasteiger partial charge on any atom is -0.478 e. The molecule has 4 N–H and O–H groups in total. The van der Waals surface area contributed by atoms with Crippen molar-refractivity contribution in [2.45, 2.75) is 6.54 Å². The van der Waals surface area contributed by atoms with E-state index in [2.05, 4.69) is 10.3 Å². The molecular formula is C14H12ClN3O3. The molecule has 6 nitrogen and oxygen atoms in total. The molecule has 0 aliphatic heterocycles. The Kier molecular flexibility index (Phi) is 4.52. The van der Waals surface area contributed by atoms with E-state index in [1.54, 1.807) is 6.07 Å². The summed E-state index contributed by atoms with van der Waals surface area (Å²) in [6.07, 6.45) is 1.48. The molecule has 0 aliphatic rings. The Balaban J connectivity index is 2.24. The molecule has 0 unspecified atom stereocenters. The minimum atomic E-state index is -1.12. The van der Waals surface area contributed by atoms with Crippen LogP contribution in [-0.2, 0) is 6.54 Å². The van der Waals surface area contributed by atoms with E-state index in [-0.39, 0.29) is 17.1 Å². The van der Waals surface area contributed by atoms with Gasteiger partial charge in [-0.25, -0.2) is 4.79 Å². The monoisotopic (exact) mass is 305 g/mol. The second kappa shape index (κ2) is 6.34. The lowest BCUT2D eigenvalue weighted by atomic mass is 10.1. The molecule has 1 aromatic heterocycles. The number of pyridine rings is 1. The summed E-state index contributed by atoms with van der Waals surface area (Å²) in [4.78, 5) is 27.1. The van der Waals surface area contributed by atoms with Gasteiger partial charge in [0, 0.05) is 29.0 Å². The van der Waals surface area contributed by atoms with Crippen molar-refractivity contribution < 1.29 is 14.7 Å². The summed E-state index contributed by atoms with van der Waals surface area (Å²) in [6, 6.07) is 7.21. The molecule has 0 bridgehead atoms. The highest BCUT2D eigenvalue weighted by molar-refractivity contribution is 6.31. The fourth-order valence-electron chi connectivity index (χ4n) is 1.72. The van der Waals surface area contributed by atoms with E-state index < -0.39 is 11.9 Å². The summed E-state index contributed by atoms with van der Waals surface area (Å²) in [5.41, 5.74) is 6.73. The quantitative estimate of drug-likeness (QED) is 0.802. The van der Waals surface area contributed by atoms with Crippen LogP contribution in [0.4, 0.5) is 5.69 Å². The van der Waals surface area contributed by atoms with Crippen LogP contribution < -0.4 is 11.1 Å². The third-order valence-corrected chi connectivity index (χ3v) is 2.91. The Morgan fingerprint density at radius 3 is 2.67 bits per heavy atom. The molecule has 1 heterocycles. The molecule has 108 valence electrons. The van der Waals surface area contributed by atoms with Gasteiger partial charge in [0.15, 0.2) is 0 Å². The van der Waals surface area contributed by atoms with Crippen molar-refractivity contribution in [1.29, 1.82) is 0 Å². The Labute approximate surface area is 125 Å². The van der Waals surface area contributed by atoms with Gasteiger partial charge in [-0.3, -0.25) is 9.78 Å². The second-order valence-electron chi connectivity index (χ2n) is 4.23. The summed E-state index contributed by atoms with van der Waals surface area (Å²) >= 11 is 5.83. The zero-order chi connectivity index (χ0) is 15.4. The predicted molar refractivity (Wildman–Crippen MR) is 78.5 cm³/mol. The molecule has 0 fully saturated rings. The highest BCUT2D eigenvalue weighted by Crippen LogP contribution is 2.20. The lowest BCUT2D eigenvalue weighted by Crippen LogP contribution is -2.13. The third-order valence-electron chi connectivity index (χ3n) is 2.69. The molecule has 21 heavy (non-hydrogen) atoms. The van der Waals surface area contributed by atoms with Gasteiger partial charge in [-0.05, 0) is 30.3 Å². The Hall–Kier alpha value is -2.44. The number of aromatic nitrogens is 1. The molecule has 2 aromatic rings. The van der Waals surface area contributed by atoms with Crippen molar-refractivity contribution in [3.63, 3.8) is 0 Å². The standard InChI is InChI=1S/C14H12ClN3O3/c15-10-3-9(14(20)21)5-11(6-10)18-13(19)8-1-2-17-12(4-8)7-16/h1-6H,7,16H2,(H,18,19)(H,20,21). The van der Waals surface area contributed by atoms with Gasteiger partial charge in [0.1, 0.15) is 0 Å². The summed E-state index contributed by atoms with van der Waals surface area (Å²) < 4.78 is 0. The Morgan fingerprint density at radius 1 is 1.24 bits per heavy atom. The predicted octanol–water partition coefficient (Wildman–Crippen LogP) is 2.14. The topological polar surface area (TPSA) is 105 Å². The van der Waals surface area contributed by atoms with Crippen molar-refractivity contribution >= 4 is 29.2 Å². The van der Waals surface area contributed by atoms with E-state index >= 15 is 0 Å². The number of amides is 1. The summed E-state index contributed by atoms with van der Waals surface area (Å²) in [5.74, 6) is -1.52. The number of carboxylic acid groups (broad SMARTS) is 1. The molecular weight excluding hydrogens is 294 g/mol. The van der Waals surface area contributed by atoms with Crippen molar-refractivity contribution in [3.05, 3.63) is 58.4 Å². The molecule has 1 amide bonds. The smallest absolute Gasteiger partial charge is 0.335 e. The number of nitrogens with zero attached hydrogens (tertiary/aromatic N) is 1. The van der Waals surface area contributed by atoms with Gasteiger partial charge in [-0.15, -0.1) is 0 Å². The number of halogens is 1. The number of nitrogens with one attached hydrogen (secondary N) is 1.